The van der Waals surface area contributed by atoms with Crippen molar-refractivity contribution in [1.82, 2.24) is 4.98 Å². The van der Waals surface area contributed by atoms with Gasteiger partial charge in [0.05, 0.1) is 29.2 Å². The molecule has 1 aliphatic heterocycles. The number of amides is 1. The van der Waals surface area contributed by atoms with E-state index in [0.717, 1.165) is 24.8 Å². The molecule has 0 aromatic carbocycles. The fourth-order valence-electron chi connectivity index (χ4n) is 4.19. The highest BCUT2D eigenvalue weighted by Crippen LogP contribution is 2.40. The van der Waals surface area contributed by atoms with Crippen LogP contribution in [0.4, 0.5) is 0 Å². The van der Waals surface area contributed by atoms with Crippen molar-refractivity contribution in [2.75, 3.05) is 0 Å². The van der Waals surface area contributed by atoms with Gasteiger partial charge in [-0.3, -0.25) is 4.79 Å². The van der Waals surface area contributed by atoms with E-state index in [0.29, 0.717) is 29.8 Å². The van der Waals surface area contributed by atoms with Gasteiger partial charge in [-0.1, -0.05) is 19.9 Å². The van der Waals surface area contributed by atoms with E-state index in [-0.39, 0.29) is 17.6 Å². The van der Waals surface area contributed by atoms with Crippen molar-refractivity contribution in [1.29, 1.82) is 0 Å². The van der Waals surface area contributed by atoms with Gasteiger partial charge in [0.25, 0.3) is 5.91 Å². The molecule has 5 nitrogen and oxygen atoms in total. The molecule has 0 radical (unpaired) electrons. The minimum absolute atomic E-state index is 0.0421. The molecule has 0 spiro atoms. The molecule has 0 saturated carbocycles. The first kappa shape index (κ1) is 19.1. The number of aliphatic hydroxyl groups is 1. The van der Waals surface area contributed by atoms with E-state index < -0.39 is 11.5 Å². The Labute approximate surface area is 155 Å². The van der Waals surface area contributed by atoms with Crippen LogP contribution < -0.4 is 5.73 Å². The second kappa shape index (κ2) is 6.78. The Morgan fingerprint density at radius 1 is 1.27 bits per heavy atom. The Morgan fingerprint density at radius 2 is 1.92 bits per heavy atom. The number of hydrogen-bond acceptors (Lipinski definition) is 4. The zero-order valence-corrected chi connectivity index (χ0v) is 16.2. The third-order valence-electron chi connectivity index (χ3n) is 5.63. The molecule has 0 bridgehead atoms. The lowest BCUT2D eigenvalue weighted by Crippen LogP contribution is -2.42. The minimum atomic E-state index is -1.05. The average Bonchev–Trinajstić information content (AvgIpc) is 2.53. The highest BCUT2D eigenvalue weighted by Gasteiger charge is 2.40. The van der Waals surface area contributed by atoms with Crippen LogP contribution in [0.5, 0.6) is 0 Å². The van der Waals surface area contributed by atoms with Crippen molar-refractivity contribution in [2.24, 2.45) is 11.1 Å². The highest BCUT2D eigenvalue weighted by molar-refractivity contribution is 5.97. The van der Waals surface area contributed by atoms with E-state index >= 15 is 0 Å². The maximum Gasteiger partial charge on any atom is 0.250 e. The summed E-state index contributed by atoms with van der Waals surface area (Å²) >= 11 is 0. The number of hydrogen-bond donors (Lipinski definition) is 2. The number of ether oxygens (including phenoxy) is 1. The number of rotatable bonds is 3. The van der Waals surface area contributed by atoms with E-state index in [9.17, 15) is 9.90 Å². The summed E-state index contributed by atoms with van der Waals surface area (Å²) in [6, 6.07) is 3.45. The maximum atomic E-state index is 11.9. The molecule has 2 heterocycles. The molecule has 2 aliphatic rings. The average molecular weight is 358 g/mol. The number of nitrogens with two attached hydrogens (primary N) is 1. The molecule has 5 heteroatoms. The first-order valence-corrected chi connectivity index (χ1v) is 9.48. The molecule has 1 unspecified atom stereocenters. The molecule has 1 amide bonds. The lowest BCUT2D eigenvalue weighted by atomic mass is 9.77. The molecule has 142 valence electrons. The highest BCUT2D eigenvalue weighted by atomic mass is 16.5. The van der Waals surface area contributed by atoms with Crippen LogP contribution in [0.2, 0.25) is 0 Å². The number of carbonyl (C=O) groups excluding carboxylic acids is 1. The second-order valence-corrected chi connectivity index (χ2v) is 8.75. The molecule has 1 aromatic rings. The van der Waals surface area contributed by atoms with Gasteiger partial charge in [0, 0.05) is 12.8 Å². The predicted octanol–water partition coefficient (Wildman–Crippen LogP) is 3.55. The van der Waals surface area contributed by atoms with Crippen LogP contribution in [0.25, 0.3) is 5.57 Å². The van der Waals surface area contributed by atoms with Crippen LogP contribution >= 0.6 is 0 Å². The van der Waals surface area contributed by atoms with Crippen molar-refractivity contribution in [2.45, 2.75) is 77.6 Å². The summed E-state index contributed by atoms with van der Waals surface area (Å²) in [6.07, 6.45) is 5.91. The number of pyridine rings is 1. The summed E-state index contributed by atoms with van der Waals surface area (Å²) in [5.41, 5.74) is 7.52. The fraction of sp³-hybridized carbons (Fsp3) is 0.619. The lowest BCUT2D eigenvalue weighted by Gasteiger charge is -2.39. The molecular weight excluding hydrogens is 328 g/mol. The Balaban J connectivity index is 2.02. The molecule has 3 atom stereocenters. The maximum absolute atomic E-state index is 11.9. The Hall–Kier alpha value is -1.72. The quantitative estimate of drug-likeness (QED) is 0.865. The largest absolute Gasteiger partial charge is 0.383 e. The number of aromatic nitrogens is 1. The molecule has 26 heavy (non-hydrogen) atoms. The minimum Gasteiger partial charge on any atom is -0.383 e. The van der Waals surface area contributed by atoms with Gasteiger partial charge < -0.3 is 15.6 Å². The molecule has 1 aliphatic carbocycles. The monoisotopic (exact) mass is 358 g/mol. The van der Waals surface area contributed by atoms with Crippen molar-refractivity contribution in [3.8, 4) is 0 Å². The smallest absolute Gasteiger partial charge is 0.250 e. The van der Waals surface area contributed by atoms with Crippen LogP contribution in [-0.4, -0.2) is 28.2 Å². The lowest BCUT2D eigenvalue weighted by molar-refractivity contribution is -0.137. The number of nitrogens with zero attached hydrogens (tertiary/aromatic N) is 1. The second-order valence-electron chi connectivity index (χ2n) is 8.75. The van der Waals surface area contributed by atoms with Gasteiger partial charge in [-0.2, -0.15) is 0 Å². The Bertz CT molecular complexity index is 729. The number of carbonyl (C=O) groups is 1. The third-order valence-corrected chi connectivity index (χ3v) is 5.63. The van der Waals surface area contributed by atoms with Gasteiger partial charge in [-0.15, -0.1) is 0 Å². The molecule has 3 N–H and O–H groups in total. The van der Waals surface area contributed by atoms with Crippen LogP contribution in [-0.2, 0) is 10.3 Å². The van der Waals surface area contributed by atoms with Crippen LogP contribution in [0.15, 0.2) is 18.2 Å². The van der Waals surface area contributed by atoms with E-state index in [1.54, 1.807) is 12.1 Å². The summed E-state index contributed by atoms with van der Waals surface area (Å²) in [7, 11) is 0. The molecule has 1 fully saturated rings. The first-order chi connectivity index (χ1) is 12.1. The molecule has 1 aromatic heterocycles. The zero-order valence-electron chi connectivity index (χ0n) is 16.2. The summed E-state index contributed by atoms with van der Waals surface area (Å²) in [5.74, 6) is -0.481. The summed E-state index contributed by atoms with van der Waals surface area (Å²) < 4.78 is 5.76. The summed E-state index contributed by atoms with van der Waals surface area (Å²) in [5, 5.41) is 11.2. The standard InChI is InChI=1S/C21H30N2O3/c1-13-11-21(25,12-14(2)26-13)17-6-5-16(19(22)24)18(23-17)15-7-9-20(3,4)10-8-15/h5-7,13-14,25H,8-12H2,1-4H3,(H2,22,24)/t13-,14+,21?. The molecule has 3 rings (SSSR count). The topological polar surface area (TPSA) is 85.4 Å². The van der Waals surface area contributed by atoms with Gasteiger partial charge in [0.15, 0.2) is 0 Å². The zero-order chi connectivity index (χ0) is 19.1. The van der Waals surface area contributed by atoms with Crippen molar-refractivity contribution in [3.05, 3.63) is 35.2 Å². The number of primary amides is 1. The number of allylic oxidation sites excluding steroid dienone is 2. The van der Waals surface area contributed by atoms with Crippen LogP contribution in [0.1, 0.15) is 81.5 Å². The first-order valence-electron chi connectivity index (χ1n) is 9.48. The van der Waals surface area contributed by atoms with E-state index in [1.807, 2.05) is 13.8 Å². The van der Waals surface area contributed by atoms with Gasteiger partial charge in [0.1, 0.15) is 5.60 Å². The molecular formula is C21H30N2O3. The van der Waals surface area contributed by atoms with Crippen LogP contribution in [0.3, 0.4) is 0 Å². The third kappa shape index (κ3) is 3.84. The van der Waals surface area contributed by atoms with Gasteiger partial charge >= 0.3 is 0 Å². The van der Waals surface area contributed by atoms with E-state index in [1.165, 1.54) is 0 Å². The normalized spacial score (nSPS) is 31.3. The van der Waals surface area contributed by atoms with Crippen molar-refractivity contribution >= 4 is 11.5 Å². The summed E-state index contributed by atoms with van der Waals surface area (Å²) in [6.45, 7) is 8.41. The van der Waals surface area contributed by atoms with Gasteiger partial charge in [0.2, 0.25) is 0 Å². The van der Waals surface area contributed by atoms with E-state index in [2.05, 4.69) is 19.9 Å². The van der Waals surface area contributed by atoms with Gasteiger partial charge in [-0.05, 0) is 56.2 Å². The SMILES string of the molecule is C[C@@H]1CC(O)(c2ccc(C(N)=O)c(C3=CCC(C)(C)CC3)n2)C[C@H](C)O1. The van der Waals surface area contributed by atoms with Gasteiger partial charge in [-0.25, -0.2) is 4.98 Å². The van der Waals surface area contributed by atoms with Crippen molar-refractivity contribution < 1.29 is 14.6 Å². The van der Waals surface area contributed by atoms with Crippen LogP contribution in [0, 0.1) is 5.41 Å². The summed E-state index contributed by atoms with van der Waals surface area (Å²) in [4.78, 5) is 16.7. The Morgan fingerprint density at radius 3 is 2.46 bits per heavy atom. The molecule has 1 saturated heterocycles. The fourth-order valence-corrected chi connectivity index (χ4v) is 4.19. The Kier molecular flexibility index (Phi) is 4.97. The van der Waals surface area contributed by atoms with Crippen molar-refractivity contribution in [3.63, 3.8) is 0 Å². The van der Waals surface area contributed by atoms with E-state index in [4.69, 9.17) is 15.5 Å². The predicted molar refractivity (Wildman–Crippen MR) is 102 cm³/mol.